The molecule has 0 aliphatic carbocycles. The Morgan fingerprint density at radius 3 is 1.52 bits per heavy atom. The van der Waals surface area contributed by atoms with Crippen molar-refractivity contribution in [1.82, 2.24) is 0 Å². The number of anilines is 4. The molecule has 0 aliphatic rings. The van der Waals surface area contributed by atoms with Gasteiger partial charge in [0.1, 0.15) is 18.0 Å². The average Bonchev–Trinajstić information content (AvgIpc) is 2.86. The van der Waals surface area contributed by atoms with Crippen LogP contribution in [0, 0.1) is 0 Å². The van der Waals surface area contributed by atoms with Gasteiger partial charge in [0.05, 0.1) is 42.4 Å². The average molecular weight is 565 g/mol. The van der Waals surface area contributed by atoms with Crippen LogP contribution in [0.15, 0.2) is 48.5 Å². The maximum Gasteiger partial charge on any atom is 0.534 e. The molecular formula is C26H40N6O8. The Hall–Kier alpha value is -3.98. The third-order valence-corrected chi connectivity index (χ3v) is 5.61. The van der Waals surface area contributed by atoms with Gasteiger partial charge in [0.25, 0.3) is 0 Å². The zero-order valence-electron chi connectivity index (χ0n) is 23.3. The van der Waals surface area contributed by atoms with E-state index in [4.69, 9.17) is 51.8 Å². The number of nitrogens with two attached hydrogens (primary N) is 4. The largest absolute Gasteiger partial charge is 0.534 e. The summed E-state index contributed by atoms with van der Waals surface area (Å²) in [6.07, 6.45) is -1.00. The lowest BCUT2D eigenvalue weighted by Gasteiger charge is -2.29. The molecule has 0 amide bonds. The van der Waals surface area contributed by atoms with Gasteiger partial charge in [0.15, 0.2) is 0 Å². The molecule has 0 aliphatic heterocycles. The zero-order valence-corrected chi connectivity index (χ0v) is 23.3. The fourth-order valence-electron chi connectivity index (χ4n) is 3.23. The van der Waals surface area contributed by atoms with Crippen molar-refractivity contribution in [3.05, 3.63) is 48.5 Å². The van der Waals surface area contributed by atoms with Crippen molar-refractivity contribution in [3.8, 4) is 0 Å². The van der Waals surface area contributed by atoms with E-state index in [1.807, 2.05) is 27.7 Å². The minimum absolute atomic E-state index is 0.0444. The smallest absolute Gasteiger partial charge is 0.433 e. The fraction of sp³-hybridized carbons (Fsp3) is 0.462. The van der Waals surface area contributed by atoms with Crippen LogP contribution in [-0.4, -0.2) is 49.9 Å². The zero-order chi connectivity index (χ0) is 29.8. The molecule has 0 saturated carbocycles. The van der Waals surface area contributed by atoms with Crippen molar-refractivity contribution in [3.63, 3.8) is 0 Å². The standard InChI is InChI=1S/C26H40N6O8/c1-25(2,13-15-35-23(33)39-31(29)21-11-7-5-9-19(21)27)37-16-14-26(3,4)38-18-17-36-24(34)40-32(30)22-12-8-6-10-20(22)28/h5-12H,13-18,27-30H2,1-4H3. The molecule has 0 aromatic heterocycles. The summed E-state index contributed by atoms with van der Waals surface area (Å²) in [5.41, 5.74) is 11.8. The molecule has 0 heterocycles. The van der Waals surface area contributed by atoms with Gasteiger partial charge in [0, 0.05) is 6.42 Å². The molecule has 0 saturated heterocycles. The van der Waals surface area contributed by atoms with Gasteiger partial charge in [0.2, 0.25) is 0 Å². The van der Waals surface area contributed by atoms with Gasteiger partial charge in [-0.1, -0.05) is 24.3 Å². The number of nitrogens with zero attached hydrogens (tertiary/aromatic N) is 2. The van der Waals surface area contributed by atoms with Crippen LogP contribution in [0.5, 0.6) is 0 Å². The normalized spacial score (nSPS) is 11.4. The molecule has 2 aromatic carbocycles. The Kier molecular flexibility index (Phi) is 12.1. The van der Waals surface area contributed by atoms with Gasteiger partial charge in [-0.15, -0.1) is 10.3 Å². The quantitative estimate of drug-likeness (QED) is 0.0805. The van der Waals surface area contributed by atoms with Crippen LogP contribution in [0.25, 0.3) is 0 Å². The SMILES string of the molecule is CC(C)(CCOC(=O)ON(N)c1ccccc1N)OCCC(C)(C)OCCOC(=O)ON(N)c1ccccc1N. The molecule has 14 nitrogen and oxygen atoms in total. The highest BCUT2D eigenvalue weighted by Crippen LogP contribution is 2.22. The summed E-state index contributed by atoms with van der Waals surface area (Å²) in [7, 11) is 0. The first-order chi connectivity index (χ1) is 18.8. The van der Waals surface area contributed by atoms with Crippen molar-refractivity contribution in [2.45, 2.75) is 51.7 Å². The Morgan fingerprint density at radius 1 is 0.650 bits per heavy atom. The second-order valence-electron chi connectivity index (χ2n) is 9.87. The van der Waals surface area contributed by atoms with Crippen molar-refractivity contribution < 1.29 is 38.2 Å². The topological polar surface area (TPSA) is 200 Å². The van der Waals surface area contributed by atoms with E-state index in [1.54, 1.807) is 48.5 Å². The highest BCUT2D eigenvalue weighted by atomic mass is 16.8. The van der Waals surface area contributed by atoms with Crippen molar-refractivity contribution in [1.29, 1.82) is 0 Å². The number of para-hydroxylation sites is 4. The third kappa shape index (κ3) is 11.4. The highest BCUT2D eigenvalue weighted by molar-refractivity contribution is 5.69. The Labute approximate surface area is 233 Å². The maximum absolute atomic E-state index is 12.0. The molecule has 0 atom stereocenters. The number of rotatable bonds is 15. The van der Waals surface area contributed by atoms with E-state index < -0.39 is 23.5 Å². The first-order valence-electron chi connectivity index (χ1n) is 12.6. The van der Waals surface area contributed by atoms with Crippen LogP contribution in [0.1, 0.15) is 40.5 Å². The van der Waals surface area contributed by atoms with E-state index >= 15 is 0 Å². The van der Waals surface area contributed by atoms with Crippen LogP contribution >= 0.6 is 0 Å². The second-order valence-corrected chi connectivity index (χ2v) is 9.87. The summed E-state index contributed by atoms with van der Waals surface area (Å²) in [5.74, 6) is 11.4. The lowest BCUT2D eigenvalue weighted by Crippen LogP contribution is -2.36. The highest BCUT2D eigenvalue weighted by Gasteiger charge is 2.24. The van der Waals surface area contributed by atoms with Crippen LogP contribution in [0.3, 0.4) is 0 Å². The van der Waals surface area contributed by atoms with Gasteiger partial charge in [-0.3, -0.25) is 9.68 Å². The van der Waals surface area contributed by atoms with Gasteiger partial charge in [-0.25, -0.2) is 21.3 Å². The van der Waals surface area contributed by atoms with E-state index in [0.717, 1.165) is 10.3 Å². The molecule has 0 bridgehead atoms. The summed E-state index contributed by atoms with van der Waals surface area (Å²) in [4.78, 5) is 33.6. The summed E-state index contributed by atoms with van der Waals surface area (Å²) in [6, 6.07) is 13.3. The first kappa shape index (κ1) is 32.2. The van der Waals surface area contributed by atoms with Gasteiger partial charge in [-0.05, 0) is 58.4 Å². The Bertz CT molecular complexity index is 1100. The molecule has 8 N–H and O–H groups in total. The number of carbonyl (C=O) groups excluding carboxylic acids is 2. The molecule has 2 rings (SSSR count). The number of hydrogen-bond donors (Lipinski definition) is 4. The van der Waals surface area contributed by atoms with Crippen molar-refractivity contribution >= 4 is 35.1 Å². The molecule has 2 aromatic rings. The number of nitrogen functional groups attached to an aromatic ring is 2. The molecule has 0 spiro atoms. The van der Waals surface area contributed by atoms with Gasteiger partial charge in [-0.2, -0.15) is 0 Å². The Balaban J connectivity index is 1.60. The maximum atomic E-state index is 12.0. The third-order valence-electron chi connectivity index (χ3n) is 5.61. The van der Waals surface area contributed by atoms with Gasteiger partial charge < -0.3 is 30.4 Å². The summed E-state index contributed by atoms with van der Waals surface area (Å²) in [5, 5.41) is 1.49. The lowest BCUT2D eigenvalue weighted by atomic mass is 10.0. The molecule has 0 unspecified atom stereocenters. The van der Waals surface area contributed by atoms with Crippen LogP contribution in [0.2, 0.25) is 0 Å². The molecule has 0 fully saturated rings. The fourth-order valence-corrected chi connectivity index (χ4v) is 3.23. The molecule has 222 valence electrons. The summed E-state index contributed by atoms with van der Waals surface area (Å²) in [6.45, 7) is 8.03. The predicted octanol–water partition coefficient (Wildman–Crippen LogP) is 3.42. The van der Waals surface area contributed by atoms with E-state index in [9.17, 15) is 9.59 Å². The number of hydrogen-bond acceptors (Lipinski definition) is 14. The van der Waals surface area contributed by atoms with Gasteiger partial charge >= 0.3 is 12.3 Å². The second kappa shape index (κ2) is 15.0. The molecular weight excluding hydrogens is 524 g/mol. The van der Waals surface area contributed by atoms with E-state index in [0.29, 0.717) is 42.2 Å². The Morgan fingerprint density at radius 2 is 1.05 bits per heavy atom. The van der Waals surface area contributed by atoms with Crippen molar-refractivity contribution in [2.24, 2.45) is 11.7 Å². The number of carbonyl (C=O) groups is 2. The minimum Gasteiger partial charge on any atom is -0.433 e. The predicted molar refractivity (Wildman–Crippen MR) is 149 cm³/mol. The van der Waals surface area contributed by atoms with Crippen LogP contribution < -0.4 is 33.5 Å². The van der Waals surface area contributed by atoms with Crippen LogP contribution in [0.4, 0.5) is 32.3 Å². The van der Waals surface area contributed by atoms with Crippen molar-refractivity contribution in [2.75, 3.05) is 48.2 Å². The number of ether oxygens (including phenoxy) is 4. The van der Waals surface area contributed by atoms with E-state index in [-0.39, 0.29) is 19.8 Å². The van der Waals surface area contributed by atoms with Crippen LogP contribution in [-0.2, 0) is 28.6 Å². The molecule has 0 radical (unpaired) electrons. The van der Waals surface area contributed by atoms with E-state index in [2.05, 4.69) is 0 Å². The molecule has 14 heteroatoms. The molecule has 40 heavy (non-hydrogen) atoms. The minimum atomic E-state index is -0.994. The number of benzene rings is 2. The van der Waals surface area contributed by atoms with E-state index in [1.165, 1.54) is 0 Å². The number of hydrazine groups is 2. The lowest BCUT2D eigenvalue weighted by molar-refractivity contribution is -0.0868. The first-order valence-corrected chi connectivity index (χ1v) is 12.6. The summed E-state index contributed by atoms with van der Waals surface area (Å²) < 4.78 is 21.9. The summed E-state index contributed by atoms with van der Waals surface area (Å²) >= 11 is 0. The monoisotopic (exact) mass is 564 g/mol.